The van der Waals surface area contributed by atoms with Gasteiger partial charge in [0.15, 0.2) is 5.72 Å². The highest BCUT2D eigenvalue weighted by atomic mass is 16.6. The number of fused-ring (bicyclic) bond motifs is 1. The van der Waals surface area contributed by atoms with Gasteiger partial charge in [0, 0.05) is 6.20 Å². The molecule has 4 atom stereocenters. The SMILES string of the molecule is N[C@]1(CO)O[C@H](c2nccc3[nH]cnc23)[C@H](O)[C@@H]1O. The van der Waals surface area contributed by atoms with Crippen LogP contribution in [0, 0.1) is 0 Å². The fourth-order valence-electron chi connectivity index (χ4n) is 2.28. The average molecular weight is 266 g/mol. The molecular formula is C11H14N4O4. The van der Waals surface area contributed by atoms with Crippen molar-refractivity contribution in [1.82, 2.24) is 15.0 Å². The van der Waals surface area contributed by atoms with Gasteiger partial charge in [0.05, 0.1) is 24.1 Å². The van der Waals surface area contributed by atoms with E-state index >= 15 is 0 Å². The number of rotatable bonds is 2. The minimum Gasteiger partial charge on any atom is -0.392 e. The van der Waals surface area contributed by atoms with Gasteiger partial charge in [0.1, 0.15) is 23.8 Å². The zero-order valence-electron chi connectivity index (χ0n) is 9.89. The molecule has 3 rings (SSSR count). The van der Waals surface area contributed by atoms with Crippen LogP contribution in [0.4, 0.5) is 0 Å². The molecule has 8 heteroatoms. The van der Waals surface area contributed by atoms with Crippen molar-refractivity contribution in [3.63, 3.8) is 0 Å². The number of nitrogens with zero attached hydrogens (tertiary/aromatic N) is 2. The monoisotopic (exact) mass is 266 g/mol. The summed E-state index contributed by atoms with van der Waals surface area (Å²) in [7, 11) is 0. The summed E-state index contributed by atoms with van der Waals surface area (Å²) in [5.41, 5.74) is 5.62. The number of aliphatic hydroxyl groups is 3. The van der Waals surface area contributed by atoms with Gasteiger partial charge in [-0.1, -0.05) is 0 Å². The number of aromatic amines is 1. The molecule has 1 aliphatic heterocycles. The Morgan fingerprint density at radius 2 is 2.21 bits per heavy atom. The molecule has 0 amide bonds. The molecule has 0 bridgehead atoms. The summed E-state index contributed by atoms with van der Waals surface area (Å²) in [5.74, 6) is 0. The van der Waals surface area contributed by atoms with Gasteiger partial charge in [-0.2, -0.15) is 0 Å². The number of nitrogens with two attached hydrogens (primary N) is 1. The second kappa shape index (κ2) is 4.22. The molecule has 0 aliphatic carbocycles. The van der Waals surface area contributed by atoms with Gasteiger partial charge in [0.25, 0.3) is 0 Å². The van der Waals surface area contributed by atoms with E-state index in [0.717, 1.165) is 5.52 Å². The lowest BCUT2D eigenvalue weighted by Crippen LogP contribution is -2.54. The van der Waals surface area contributed by atoms with E-state index in [0.29, 0.717) is 11.2 Å². The van der Waals surface area contributed by atoms with E-state index in [1.807, 2.05) is 0 Å². The lowest BCUT2D eigenvalue weighted by molar-refractivity contribution is -0.108. The first-order chi connectivity index (χ1) is 9.07. The predicted octanol–water partition coefficient (Wildman–Crippen LogP) is -1.60. The number of H-pyrrole nitrogens is 1. The van der Waals surface area contributed by atoms with Crippen LogP contribution in [0.3, 0.4) is 0 Å². The number of imidazole rings is 1. The van der Waals surface area contributed by atoms with Gasteiger partial charge < -0.3 is 25.0 Å². The smallest absolute Gasteiger partial charge is 0.169 e. The molecule has 102 valence electrons. The first kappa shape index (κ1) is 12.5. The zero-order chi connectivity index (χ0) is 13.6. The van der Waals surface area contributed by atoms with E-state index in [9.17, 15) is 15.3 Å². The minimum absolute atomic E-state index is 0.367. The molecule has 2 aromatic heterocycles. The Balaban J connectivity index is 2.06. The van der Waals surface area contributed by atoms with Crippen molar-refractivity contribution >= 4 is 11.0 Å². The number of hydrogen-bond acceptors (Lipinski definition) is 7. The topological polar surface area (TPSA) is 138 Å². The lowest BCUT2D eigenvalue weighted by atomic mass is 10.0. The molecule has 3 heterocycles. The summed E-state index contributed by atoms with van der Waals surface area (Å²) in [6, 6.07) is 1.73. The average Bonchev–Trinajstić information content (AvgIpc) is 2.98. The van der Waals surface area contributed by atoms with Crippen LogP contribution in [0.25, 0.3) is 11.0 Å². The number of aromatic nitrogens is 3. The third-order valence-electron chi connectivity index (χ3n) is 3.36. The number of nitrogens with one attached hydrogen (secondary N) is 1. The number of pyridine rings is 1. The van der Waals surface area contributed by atoms with Crippen LogP contribution in [-0.2, 0) is 4.74 Å². The summed E-state index contributed by atoms with van der Waals surface area (Å²) in [4.78, 5) is 11.1. The van der Waals surface area contributed by atoms with E-state index in [4.69, 9.17) is 10.5 Å². The van der Waals surface area contributed by atoms with Crippen molar-refractivity contribution in [3.8, 4) is 0 Å². The fraction of sp³-hybridized carbons (Fsp3) is 0.455. The van der Waals surface area contributed by atoms with E-state index < -0.39 is 30.6 Å². The summed E-state index contributed by atoms with van der Waals surface area (Å²) in [6.07, 6.45) is -0.604. The molecule has 0 unspecified atom stereocenters. The first-order valence-corrected chi connectivity index (χ1v) is 5.78. The molecule has 0 spiro atoms. The molecule has 19 heavy (non-hydrogen) atoms. The molecule has 0 saturated carbocycles. The van der Waals surface area contributed by atoms with Gasteiger partial charge in [-0.15, -0.1) is 0 Å². The predicted molar refractivity (Wildman–Crippen MR) is 63.7 cm³/mol. The Bertz CT molecular complexity index is 603. The van der Waals surface area contributed by atoms with Crippen molar-refractivity contribution in [2.75, 3.05) is 6.61 Å². The summed E-state index contributed by atoms with van der Waals surface area (Å²) in [5, 5.41) is 29.1. The van der Waals surface area contributed by atoms with Crippen LogP contribution in [0.2, 0.25) is 0 Å². The van der Waals surface area contributed by atoms with Crippen LogP contribution in [0.1, 0.15) is 11.8 Å². The summed E-state index contributed by atoms with van der Waals surface area (Å²) in [6.45, 7) is -0.613. The Morgan fingerprint density at radius 1 is 1.42 bits per heavy atom. The maximum Gasteiger partial charge on any atom is 0.169 e. The number of ether oxygens (including phenoxy) is 1. The molecule has 8 nitrogen and oxygen atoms in total. The van der Waals surface area contributed by atoms with Gasteiger partial charge >= 0.3 is 0 Å². The zero-order valence-corrected chi connectivity index (χ0v) is 9.89. The highest BCUT2D eigenvalue weighted by Gasteiger charge is 2.53. The summed E-state index contributed by atoms with van der Waals surface area (Å²) < 4.78 is 5.40. The van der Waals surface area contributed by atoms with E-state index in [1.165, 1.54) is 12.5 Å². The Hall–Kier alpha value is -1.58. The van der Waals surface area contributed by atoms with Crippen LogP contribution in [0.15, 0.2) is 18.6 Å². The van der Waals surface area contributed by atoms with Crippen molar-refractivity contribution in [3.05, 3.63) is 24.3 Å². The molecule has 1 aliphatic rings. The van der Waals surface area contributed by atoms with Crippen LogP contribution in [0.5, 0.6) is 0 Å². The Labute approximate surface area is 107 Å². The number of aliphatic hydroxyl groups excluding tert-OH is 3. The Morgan fingerprint density at radius 3 is 2.89 bits per heavy atom. The Kier molecular flexibility index (Phi) is 2.77. The van der Waals surface area contributed by atoms with E-state index in [2.05, 4.69) is 15.0 Å². The van der Waals surface area contributed by atoms with Crippen molar-refractivity contribution in [2.45, 2.75) is 24.0 Å². The molecule has 1 fully saturated rings. The van der Waals surface area contributed by atoms with Crippen LogP contribution < -0.4 is 5.73 Å². The molecular weight excluding hydrogens is 252 g/mol. The minimum atomic E-state index is -1.70. The normalized spacial score (nSPS) is 35.1. The van der Waals surface area contributed by atoms with Crippen molar-refractivity contribution < 1.29 is 20.1 Å². The van der Waals surface area contributed by atoms with Gasteiger partial charge in [-0.25, -0.2) is 4.98 Å². The van der Waals surface area contributed by atoms with Crippen molar-refractivity contribution in [2.24, 2.45) is 5.73 Å². The first-order valence-electron chi connectivity index (χ1n) is 5.78. The lowest BCUT2D eigenvalue weighted by Gasteiger charge is -2.24. The third-order valence-corrected chi connectivity index (χ3v) is 3.36. The molecule has 0 radical (unpaired) electrons. The van der Waals surface area contributed by atoms with Crippen LogP contribution in [-0.4, -0.2) is 54.8 Å². The van der Waals surface area contributed by atoms with Gasteiger partial charge in [-0.05, 0) is 6.07 Å². The third kappa shape index (κ3) is 1.73. The van der Waals surface area contributed by atoms with E-state index in [-0.39, 0.29) is 0 Å². The van der Waals surface area contributed by atoms with Gasteiger partial charge in [0.2, 0.25) is 0 Å². The quantitative estimate of drug-likeness (QED) is 0.441. The molecule has 1 saturated heterocycles. The van der Waals surface area contributed by atoms with Crippen LogP contribution >= 0.6 is 0 Å². The van der Waals surface area contributed by atoms with Gasteiger partial charge in [-0.3, -0.25) is 10.7 Å². The maximum atomic E-state index is 10.0. The fourth-order valence-corrected chi connectivity index (χ4v) is 2.28. The molecule has 6 N–H and O–H groups in total. The molecule has 2 aromatic rings. The highest BCUT2D eigenvalue weighted by molar-refractivity contribution is 5.76. The van der Waals surface area contributed by atoms with Crippen molar-refractivity contribution in [1.29, 1.82) is 0 Å². The summed E-state index contributed by atoms with van der Waals surface area (Å²) >= 11 is 0. The standard InChI is InChI=1S/C11H14N4O4/c12-11(3-16)10(18)8(17)9(19-11)7-6-5(1-2-13-7)14-4-15-6/h1-2,4,8-10,16-18H,3,12H2,(H,14,15)/t8-,9+,10-,11+/m0/s1. The number of hydrogen-bond donors (Lipinski definition) is 5. The largest absolute Gasteiger partial charge is 0.392 e. The highest BCUT2D eigenvalue weighted by Crippen LogP contribution is 2.38. The second-order valence-corrected chi connectivity index (χ2v) is 4.58. The van der Waals surface area contributed by atoms with E-state index in [1.54, 1.807) is 6.07 Å². The second-order valence-electron chi connectivity index (χ2n) is 4.58. The molecule has 0 aromatic carbocycles. The maximum absolute atomic E-state index is 10.0.